The second-order valence-corrected chi connectivity index (χ2v) is 7.24. The predicted octanol–water partition coefficient (Wildman–Crippen LogP) is 4.04. The van der Waals surface area contributed by atoms with Gasteiger partial charge in [-0.05, 0) is 49.7 Å². The Balaban J connectivity index is 2.31. The summed E-state index contributed by atoms with van der Waals surface area (Å²) >= 11 is 0. The largest absolute Gasteiger partial charge is 0.534 e. The molecule has 0 radical (unpaired) electrons. The zero-order valence-electron chi connectivity index (χ0n) is 11.4. The molecule has 0 aliphatic heterocycles. The number of allylic oxidation sites excluding steroid dienone is 4. The average molecular weight is 310 g/mol. The van der Waals surface area contributed by atoms with Crippen molar-refractivity contribution in [3.63, 3.8) is 0 Å². The van der Waals surface area contributed by atoms with Gasteiger partial charge in [-0.3, -0.25) is 0 Å². The first-order valence-corrected chi connectivity index (χ1v) is 7.88. The van der Waals surface area contributed by atoms with Crippen molar-refractivity contribution in [3.05, 3.63) is 23.0 Å². The molecule has 114 valence electrons. The van der Waals surface area contributed by atoms with Crippen LogP contribution in [0.1, 0.15) is 46.0 Å². The Morgan fingerprint density at radius 1 is 1.25 bits per heavy atom. The summed E-state index contributed by atoms with van der Waals surface area (Å²) < 4.78 is 63.3. The van der Waals surface area contributed by atoms with Gasteiger partial charge in [0, 0.05) is 6.42 Å². The maximum atomic E-state index is 12.3. The highest BCUT2D eigenvalue weighted by atomic mass is 32.2. The van der Waals surface area contributed by atoms with Crippen LogP contribution < -0.4 is 0 Å². The van der Waals surface area contributed by atoms with E-state index < -0.39 is 15.6 Å². The molecule has 0 aromatic heterocycles. The minimum absolute atomic E-state index is 0.0722. The number of hydrogen-bond acceptors (Lipinski definition) is 3. The molecule has 2 aliphatic carbocycles. The molecule has 7 heteroatoms. The molecule has 2 aliphatic rings. The molecule has 0 saturated carbocycles. The molecular weight excluding hydrogens is 293 g/mol. The highest BCUT2D eigenvalue weighted by molar-refractivity contribution is 7.87. The smallest absolute Gasteiger partial charge is 0.381 e. The van der Waals surface area contributed by atoms with Crippen molar-refractivity contribution >= 4 is 10.1 Å². The van der Waals surface area contributed by atoms with E-state index in [1.807, 2.05) is 6.92 Å². The van der Waals surface area contributed by atoms with Gasteiger partial charge in [-0.2, -0.15) is 21.6 Å². The molecule has 0 saturated heterocycles. The van der Waals surface area contributed by atoms with Crippen LogP contribution in [0.3, 0.4) is 0 Å². The Labute approximate surface area is 116 Å². The van der Waals surface area contributed by atoms with Crippen LogP contribution >= 0.6 is 0 Å². The maximum Gasteiger partial charge on any atom is 0.534 e. The molecular formula is C13H17F3O3S. The molecule has 0 bridgehead atoms. The summed E-state index contributed by atoms with van der Waals surface area (Å²) in [6, 6.07) is 0. The van der Waals surface area contributed by atoms with E-state index in [0.29, 0.717) is 6.42 Å². The molecule has 0 aromatic carbocycles. The summed E-state index contributed by atoms with van der Waals surface area (Å²) in [5.41, 5.74) is -3.42. The third-order valence-electron chi connectivity index (χ3n) is 4.12. The van der Waals surface area contributed by atoms with Crippen LogP contribution in [0.25, 0.3) is 0 Å². The van der Waals surface area contributed by atoms with E-state index in [2.05, 4.69) is 11.1 Å². The molecule has 20 heavy (non-hydrogen) atoms. The van der Waals surface area contributed by atoms with Gasteiger partial charge in [-0.1, -0.05) is 12.5 Å². The van der Waals surface area contributed by atoms with Crippen molar-refractivity contribution < 1.29 is 25.8 Å². The Morgan fingerprint density at radius 2 is 1.90 bits per heavy atom. The van der Waals surface area contributed by atoms with Crippen molar-refractivity contribution in [1.82, 2.24) is 0 Å². The van der Waals surface area contributed by atoms with Crippen molar-refractivity contribution in [2.75, 3.05) is 0 Å². The van der Waals surface area contributed by atoms with Crippen molar-refractivity contribution in [3.8, 4) is 0 Å². The van der Waals surface area contributed by atoms with Crippen LogP contribution in [0.15, 0.2) is 23.0 Å². The summed E-state index contributed by atoms with van der Waals surface area (Å²) in [5, 5.41) is 0. The second kappa shape index (κ2) is 4.79. The topological polar surface area (TPSA) is 43.4 Å². The summed E-state index contributed by atoms with van der Waals surface area (Å²) in [6.07, 6.45) is 5.22. The van der Waals surface area contributed by atoms with Gasteiger partial charge >= 0.3 is 15.6 Å². The van der Waals surface area contributed by atoms with Gasteiger partial charge in [0.2, 0.25) is 0 Å². The normalized spacial score (nSPS) is 27.9. The third-order valence-corrected chi connectivity index (χ3v) is 5.12. The first-order valence-electron chi connectivity index (χ1n) is 6.47. The highest BCUT2D eigenvalue weighted by Crippen LogP contribution is 2.48. The molecule has 3 nitrogen and oxygen atoms in total. The fourth-order valence-corrected chi connectivity index (χ4v) is 3.48. The number of hydrogen-bond donors (Lipinski definition) is 0. The number of fused-ring (bicyclic) bond motifs is 1. The van der Waals surface area contributed by atoms with Crippen LogP contribution in [0, 0.1) is 5.41 Å². The van der Waals surface area contributed by atoms with E-state index >= 15 is 0 Å². The summed E-state index contributed by atoms with van der Waals surface area (Å²) in [7, 11) is -5.56. The predicted molar refractivity (Wildman–Crippen MR) is 68.0 cm³/mol. The number of halogens is 3. The quantitative estimate of drug-likeness (QED) is 0.571. The van der Waals surface area contributed by atoms with Gasteiger partial charge in [0.1, 0.15) is 5.76 Å². The maximum absolute atomic E-state index is 12.3. The SMILES string of the molecule is CC1=C2C=C(OS(=O)(=O)C(F)(F)F)CCC2(C)CCC1. The Hall–Kier alpha value is -0.980. The minimum atomic E-state index is -5.56. The molecule has 0 fully saturated rings. The van der Waals surface area contributed by atoms with Crippen molar-refractivity contribution in [2.45, 2.75) is 51.5 Å². The van der Waals surface area contributed by atoms with E-state index in [9.17, 15) is 21.6 Å². The third kappa shape index (κ3) is 2.73. The Morgan fingerprint density at radius 3 is 2.50 bits per heavy atom. The van der Waals surface area contributed by atoms with Gasteiger partial charge in [0.05, 0.1) is 0 Å². The summed E-state index contributed by atoms with van der Waals surface area (Å²) in [6.45, 7) is 4.00. The van der Waals surface area contributed by atoms with Gasteiger partial charge in [0.15, 0.2) is 0 Å². The highest BCUT2D eigenvalue weighted by Gasteiger charge is 2.49. The van der Waals surface area contributed by atoms with Gasteiger partial charge < -0.3 is 4.18 Å². The minimum Gasteiger partial charge on any atom is -0.381 e. The lowest BCUT2D eigenvalue weighted by Crippen LogP contribution is -2.29. The van der Waals surface area contributed by atoms with Gasteiger partial charge in [-0.15, -0.1) is 0 Å². The van der Waals surface area contributed by atoms with Crippen molar-refractivity contribution in [1.29, 1.82) is 0 Å². The fraction of sp³-hybridized carbons (Fsp3) is 0.692. The lowest BCUT2D eigenvalue weighted by Gasteiger charge is -2.39. The molecule has 0 N–H and O–H groups in total. The average Bonchev–Trinajstić information content (AvgIpc) is 2.29. The van der Waals surface area contributed by atoms with Gasteiger partial charge in [0.25, 0.3) is 0 Å². The van der Waals surface area contributed by atoms with E-state index in [1.54, 1.807) is 0 Å². The van der Waals surface area contributed by atoms with Crippen molar-refractivity contribution in [2.24, 2.45) is 5.41 Å². The van der Waals surface area contributed by atoms with Crippen LogP contribution in [0.5, 0.6) is 0 Å². The lowest BCUT2D eigenvalue weighted by atomic mass is 9.66. The zero-order valence-corrected chi connectivity index (χ0v) is 12.2. The molecule has 0 heterocycles. The second-order valence-electron chi connectivity index (χ2n) is 5.70. The van der Waals surface area contributed by atoms with E-state index in [4.69, 9.17) is 0 Å². The molecule has 0 aromatic rings. The van der Waals surface area contributed by atoms with Crippen LogP contribution in [-0.4, -0.2) is 13.9 Å². The molecule has 0 spiro atoms. The standard InChI is InChI=1S/C13H17F3O3S/c1-9-4-3-6-12(2)7-5-10(8-11(9)12)19-20(17,18)13(14,15)16/h8H,3-7H2,1-2H3. The van der Waals surface area contributed by atoms with Crippen LogP contribution in [-0.2, 0) is 14.3 Å². The molecule has 1 unspecified atom stereocenters. The number of alkyl halides is 3. The monoisotopic (exact) mass is 310 g/mol. The zero-order chi connectivity index (χ0) is 15.2. The summed E-state index contributed by atoms with van der Waals surface area (Å²) in [5.74, 6) is -0.115. The van der Waals surface area contributed by atoms with Crippen LogP contribution in [0.4, 0.5) is 13.2 Å². The summed E-state index contributed by atoms with van der Waals surface area (Å²) in [4.78, 5) is 0. The first kappa shape index (κ1) is 15.4. The molecule has 2 rings (SSSR count). The van der Waals surface area contributed by atoms with E-state index in [-0.39, 0.29) is 17.6 Å². The van der Waals surface area contributed by atoms with E-state index in [0.717, 1.165) is 30.4 Å². The Kier molecular flexibility index (Phi) is 3.69. The van der Waals surface area contributed by atoms with E-state index in [1.165, 1.54) is 6.08 Å². The van der Waals surface area contributed by atoms with Crippen LogP contribution in [0.2, 0.25) is 0 Å². The first-order chi connectivity index (χ1) is 9.05. The Bertz CT molecular complexity index is 572. The lowest BCUT2D eigenvalue weighted by molar-refractivity contribution is -0.0524. The number of rotatable bonds is 2. The molecule has 0 amide bonds. The fourth-order valence-electron chi connectivity index (χ4n) is 2.97. The molecule has 1 atom stereocenters. The van der Waals surface area contributed by atoms with Gasteiger partial charge in [-0.25, -0.2) is 0 Å².